The maximum atomic E-state index is 2.45. The van der Waals surface area contributed by atoms with Crippen molar-refractivity contribution in [2.24, 2.45) is 11.3 Å². The van der Waals surface area contributed by atoms with Gasteiger partial charge in [0.25, 0.3) is 0 Å². The minimum Gasteiger partial charge on any atom is -0.0654 e. The fourth-order valence-electron chi connectivity index (χ4n) is 4.11. The number of rotatable bonds is 12. The molecule has 0 bridgehead atoms. The van der Waals surface area contributed by atoms with E-state index in [1.54, 1.807) is 5.56 Å². The molecule has 1 aromatic carbocycles. The van der Waals surface area contributed by atoms with Gasteiger partial charge in [0.15, 0.2) is 0 Å². The van der Waals surface area contributed by atoms with Gasteiger partial charge >= 0.3 is 0 Å². The Bertz CT molecular complexity index is 398. The van der Waals surface area contributed by atoms with Crippen molar-refractivity contribution in [1.82, 2.24) is 0 Å². The van der Waals surface area contributed by atoms with Gasteiger partial charge in [0, 0.05) is 0 Å². The molecule has 0 saturated carbocycles. The number of benzene rings is 1. The molecule has 1 aromatic rings. The van der Waals surface area contributed by atoms with Gasteiger partial charge in [-0.05, 0) is 42.1 Å². The Labute approximate surface area is 152 Å². The third-order valence-corrected chi connectivity index (χ3v) is 5.07. The summed E-state index contributed by atoms with van der Waals surface area (Å²) in [6.07, 6.45) is 13.9. The molecule has 0 N–H and O–H groups in total. The largest absolute Gasteiger partial charge is 0.0654 e. The first kappa shape index (κ1) is 21.3. The lowest BCUT2D eigenvalue weighted by Gasteiger charge is -2.27. The zero-order valence-corrected chi connectivity index (χ0v) is 17.1. The van der Waals surface area contributed by atoms with E-state index in [1.807, 2.05) is 0 Å². The summed E-state index contributed by atoms with van der Waals surface area (Å²) >= 11 is 0. The molecule has 0 aliphatic rings. The maximum Gasteiger partial charge on any atom is -0.0159 e. The third kappa shape index (κ3) is 10.2. The zero-order chi connectivity index (χ0) is 17.8. The lowest BCUT2D eigenvalue weighted by Crippen LogP contribution is -2.14. The van der Waals surface area contributed by atoms with Gasteiger partial charge in [-0.1, -0.05) is 110 Å². The molecule has 0 saturated heterocycles. The van der Waals surface area contributed by atoms with E-state index in [2.05, 4.69) is 65.0 Å². The van der Waals surface area contributed by atoms with E-state index in [0.717, 1.165) is 11.8 Å². The third-order valence-electron chi connectivity index (χ3n) is 5.07. The molecule has 0 nitrogen and oxygen atoms in total. The van der Waals surface area contributed by atoms with Crippen LogP contribution in [0.15, 0.2) is 30.3 Å². The highest BCUT2D eigenvalue weighted by Crippen LogP contribution is 2.34. The number of unbranched alkanes of at least 4 members (excludes halogenated alkanes) is 6. The molecule has 0 heteroatoms. The summed E-state index contributed by atoms with van der Waals surface area (Å²) in [7, 11) is 0. The molecule has 0 spiro atoms. The molecule has 1 rings (SSSR count). The highest BCUT2D eigenvalue weighted by Gasteiger charge is 2.20. The molecule has 2 unspecified atom stereocenters. The van der Waals surface area contributed by atoms with E-state index in [0.29, 0.717) is 5.41 Å². The Morgan fingerprint density at radius 1 is 0.833 bits per heavy atom. The topological polar surface area (TPSA) is 0 Å². The Kier molecular flexibility index (Phi) is 10.4. The van der Waals surface area contributed by atoms with Crippen LogP contribution >= 0.6 is 0 Å². The molecule has 0 aromatic heterocycles. The van der Waals surface area contributed by atoms with Crippen LogP contribution in [0.4, 0.5) is 0 Å². The molecule has 0 fully saturated rings. The standard InChI is InChI=1S/C24H42/c1-6-7-8-9-10-11-13-18-23(22-16-14-12-15-17-22)19-21(2)20-24(3,4)5/h12,14-17,21,23H,6-11,13,18-20H2,1-5H3. The number of hydrogen-bond donors (Lipinski definition) is 0. The summed E-state index contributed by atoms with van der Waals surface area (Å²) in [4.78, 5) is 0. The summed E-state index contributed by atoms with van der Waals surface area (Å²) in [5.74, 6) is 1.55. The zero-order valence-electron chi connectivity index (χ0n) is 17.1. The van der Waals surface area contributed by atoms with Gasteiger partial charge in [0.2, 0.25) is 0 Å². The van der Waals surface area contributed by atoms with Crippen LogP contribution in [0.25, 0.3) is 0 Å². The van der Waals surface area contributed by atoms with Crippen LogP contribution in [0.1, 0.15) is 110 Å². The van der Waals surface area contributed by atoms with E-state index >= 15 is 0 Å². The van der Waals surface area contributed by atoms with Gasteiger partial charge in [0.1, 0.15) is 0 Å². The second-order valence-corrected chi connectivity index (χ2v) is 9.12. The van der Waals surface area contributed by atoms with Crippen LogP contribution in [0, 0.1) is 11.3 Å². The lowest BCUT2D eigenvalue weighted by molar-refractivity contribution is 0.281. The van der Waals surface area contributed by atoms with Crippen molar-refractivity contribution >= 4 is 0 Å². The average molecular weight is 331 g/mol. The van der Waals surface area contributed by atoms with Crippen molar-refractivity contribution in [3.8, 4) is 0 Å². The van der Waals surface area contributed by atoms with Gasteiger partial charge in [-0.15, -0.1) is 0 Å². The monoisotopic (exact) mass is 330 g/mol. The second kappa shape index (κ2) is 11.7. The fraction of sp³-hybridized carbons (Fsp3) is 0.750. The molecular weight excluding hydrogens is 288 g/mol. The van der Waals surface area contributed by atoms with Gasteiger partial charge in [0.05, 0.1) is 0 Å². The Morgan fingerprint density at radius 2 is 1.42 bits per heavy atom. The Morgan fingerprint density at radius 3 is 2.00 bits per heavy atom. The van der Waals surface area contributed by atoms with E-state index in [9.17, 15) is 0 Å². The summed E-state index contributed by atoms with van der Waals surface area (Å²) in [6, 6.07) is 11.3. The van der Waals surface area contributed by atoms with Crippen LogP contribution in [-0.4, -0.2) is 0 Å². The van der Waals surface area contributed by atoms with Crippen LogP contribution in [0.5, 0.6) is 0 Å². The van der Waals surface area contributed by atoms with E-state index in [-0.39, 0.29) is 0 Å². The molecule has 0 radical (unpaired) electrons. The van der Waals surface area contributed by atoms with Crippen LogP contribution in [-0.2, 0) is 0 Å². The smallest absolute Gasteiger partial charge is 0.0159 e. The van der Waals surface area contributed by atoms with Gasteiger partial charge in [-0.2, -0.15) is 0 Å². The first-order chi connectivity index (χ1) is 11.4. The first-order valence-corrected chi connectivity index (χ1v) is 10.5. The molecule has 0 aliphatic heterocycles. The van der Waals surface area contributed by atoms with Crippen LogP contribution in [0.3, 0.4) is 0 Å². The minimum absolute atomic E-state index is 0.444. The van der Waals surface area contributed by atoms with Crippen LogP contribution in [0.2, 0.25) is 0 Å². The fourth-order valence-corrected chi connectivity index (χ4v) is 4.11. The lowest BCUT2D eigenvalue weighted by atomic mass is 9.78. The quantitative estimate of drug-likeness (QED) is 0.338. The minimum atomic E-state index is 0.444. The molecule has 138 valence electrons. The molecular formula is C24H42. The highest BCUT2D eigenvalue weighted by atomic mass is 14.2. The molecule has 0 heterocycles. The first-order valence-electron chi connectivity index (χ1n) is 10.5. The predicted octanol–water partition coefficient (Wildman–Crippen LogP) is 8.37. The van der Waals surface area contributed by atoms with Crippen molar-refractivity contribution in [1.29, 1.82) is 0 Å². The highest BCUT2D eigenvalue weighted by molar-refractivity contribution is 5.19. The van der Waals surface area contributed by atoms with E-state index in [1.165, 1.54) is 64.2 Å². The van der Waals surface area contributed by atoms with Crippen molar-refractivity contribution in [3.05, 3.63) is 35.9 Å². The molecule has 0 amide bonds. The van der Waals surface area contributed by atoms with E-state index < -0.39 is 0 Å². The summed E-state index contributed by atoms with van der Waals surface area (Å²) < 4.78 is 0. The van der Waals surface area contributed by atoms with Crippen molar-refractivity contribution in [2.45, 2.75) is 105 Å². The van der Waals surface area contributed by atoms with Crippen molar-refractivity contribution < 1.29 is 0 Å². The summed E-state index contributed by atoms with van der Waals surface area (Å²) in [5.41, 5.74) is 2.00. The second-order valence-electron chi connectivity index (χ2n) is 9.12. The maximum absolute atomic E-state index is 2.45. The summed E-state index contributed by atoms with van der Waals surface area (Å²) in [5, 5.41) is 0. The number of hydrogen-bond acceptors (Lipinski definition) is 0. The molecule has 0 aliphatic carbocycles. The average Bonchev–Trinajstić information content (AvgIpc) is 2.52. The summed E-state index contributed by atoms with van der Waals surface area (Å²) in [6.45, 7) is 11.9. The van der Waals surface area contributed by atoms with Gasteiger partial charge in [-0.25, -0.2) is 0 Å². The molecule has 24 heavy (non-hydrogen) atoms. The van der Waals surface area contributed by atoms with Crippen molar-refractivity contribution in [3.63, 3.8) is 0 Å². The molecule has 2 atom stereocenters. The van der Waals surface area contributed by atoms with Crippen LogP contribution < -0.4 is 0 Å². The normalized spacial score (nSPS) is 14.5. The van der Waals surface area contributed by atoms with Gasteiger partial charge < -0.3 is 0 Å². The van der Waals surface area contributed by atoms with Crippen molar-refractivity contribution in [2.75, 3.05) is 0 Å². The predicted molar refractivity (Wildman–Crippen MR) is 110 cm³/mol. The Balaban J connectivity index is 2.45. The Hall–Kier alpha value is -0.780. The van der Waals surface area contributed by atoms with Gasteiger partial charge in [-0.3, -0.25) is 0 Å². The SMILES string of the molecule is CCCCCCCCCC(CC(C)CC(C)(C)C)c1ccccc1. The van der Waals surface area contributed by atoms with E-state index in [4.69, 9.17) is 0 Å².